The molecular formula is C13H24N2O3. The molecule has 1 heterocycles. The van der Waals surface area contributed by atoms with Gasteiger partial charge >= 0.3 is 0 Å². The van der Waals surface area contributed by atoms with E-state index in [4.69, 9.17) is 4.74 Å². The molecule has 1 aliphatic heterocycles. The molecule has 1 rings (SSSR count). The molecule has 0 saturated carbocycles. The first-order valence-electron chi connectivity index (χ1n) is 6.59. The Morgan fingerprint density at radius 1 is 1.56 bits per heavy atom. The lowest BCUT2D eigenvalue weighted by Gasteiger charge is -2.18. The quantitative estimate of drug-likeness (QED) is 0.680. The van der Waals surface area contributed by atoms with E-state index in [0.717, 1.165) is 13.0 Å². The fourth-order valence-electron chi connectivity index (χ4n) is 2.14. The van der Waals surface area contributed by atoms with E-state index >= 15 is 0 Å². The van der Waals surface area contributed by atoms with Gasteiger partial charge in [0.2, 0.25) is 11.8 Å². The second-order valence-corrected chi connectivity index (χ2v) is 5.23. The summed E-state index contributed by atoms with van der Waals surface area (Å²) in [4.78, 5) is 25.4. The predicted molar refractivity (Wildman–Crippen MR) is 69.0 cm³/mol. The molecule has 5 heteroatoms. The maximum Gasteiger partial charge on any atom is 0.225 e. The number of ether oxygens (including phenoxy) is 1. The lowest BCUT2D eigenvalue weighted by Crippen LogP contribution is -2.34. The monoisotopic (exact) mass is 256 g/mol. The SMILES string of the molecule is COCCCNC(=O)[C@@H]1CC(=O)N(CC(C)C)C1. The van der Waals surface area contributed by atoms with E-state index in [-0.39, 0.29) is 17.7 Å². The van der Waals surface area contributed by atoms with Gasteiger partial charge in [0.25, 0.3) is 0 Å². The molecule has 0 aromatic carbocycles. The average Bonchev–Trinajstić information content (AvgIpc) is 2.65. The molecule has 2 amide bonds. The zero-order chi connectivity index (χ0) is 13.5. The second kappa shape index (κ2) is 7.36. The molecule has 5 nitrogen and oxygen atoms in total. The summed E-state index contributed by atoms with van der Waals surface area (Å²) >= 11 is 0. The van der Waals surface area contributed by atoms with Gasteiger partial charge < -0.3 is 15.0 Å². The van der Waals surface area contributed by atoms with Crippen molar-refractivity contribution in [3.63, 3.8) is 0 Å². The van der Waals surface area contributed by atoms with Gasteiger partial charge in [0.1, 0.15) is 0 Å². The summed E-state index contributed by atoms with van der Waals surface area (Å²) in [7, 11) is 1.64. The molecule has 0 bridgehead atoms. The Morgan fingerprint density at radius 3 is 2.89 bits per heavy atom. The standard InChI is InChI=1S/C13H24N2O3/c1-10(2)8-15-9-11(7-12(15)16)13(17)14-5-4-6-18-3/h10-11H,4-9H2,1-3H3,(H,14,17)/t11-/m1/s1. The number of nitrogens with one attached hydrogen (secondary N) is 1. The van der Waals surface area contributed by atoms with Crippen LogP contribution in [0.2, 0.25) is 0 Å². The fourth-order valence-corrected chi connectivity index (χ4v) is 2.14. The topological polar surface area (TPSA) is 58.6 Å². The third-order valence-corrected chi connectivity index (χ3v) is 3.00. The predicted octanol–water partition coefficient (Wildman–Crippen LogP) is 0.644. The van der Waals surface area contributed by atoms with Crippen molar-refractivity contribution in [1.29, 1.82) is 0 Å². The summed E-state index contributed by atoms with van der Waals surface area (Å²) in [5.41, 5.74) is 0. The summed E-state index contributed by atoms with van der Waals surface area (Å²) in [6, 6.07) is 0. The van der Waals surface area contributed by atoms with Crippen LogP contribution in [0, 0.1) is 11.8 Å². The van der Waals surface area contributed by atoms with Crippen molar-refractivity contribution < 1.29 is 14.3 Å². The first-order chi connectivity index (χ1) is 8.54. The van der Waals surface area contributed by atoms with Crippen molar-refractivity contribution in [2.45, 2.75) is 26.7 Å². The maximum atomic E-state index is 11.9. The van der Waals surface area contributed by atoms with E-state index in [0.29, 0.717) is 32.0 Å². The molecule has 104 valence electrons. The van der Waals surface area contributed by atoms with Crippen molar-refractivity contribution in [1.82, 2.24) is 10.2 Å². The number of methoxy groups -OCH3 is 1. The van der Waals surface area contributed by atoms with Gasteiger partial charge in [-0.3, -0.25) is 9.59 Å². The number of carbonyl (C=O) groups is 2. The van der Waals surface area contributed by atoms with Crippen molar-refractivity contribution >= 4 is 11.8 Å². The van der Waals surface area contributed by atoms with E-state index in [2.05, 4.69) is 19.2 Å². The molecule has 1 N–H and O–H groups in total. The Kier molecular flexibility index (Phi) is 6.12. The lowest BCUT2D eigenvalue weighted by atomic mass is 10.1. The number of likely N-dealkylation sites (tertiary alicyclic amines) is 1. The second-order valence-electron chi connectivity index (χ2n) is 5.23. The highest BCUT2D eigenvalue weighted by atomic mass is 16.5. The van der Waals surface area contributed by atoms with E-state index in [9.17, 15) is 9.59 Å². The fraction of sp³-hybridized carbons (Fsp3) is 0.846. The Hall–Kier alpha value is -1.10. The van der Waals surface area contributed by atoms with Crippen molar-refractivity contribution in [2.24, 2.45) is 11.8 Å². The van der Waals surface area contributed by atoms with E-state index < -0.39 is 0 Å². The van der Waals surface area contributed by atoms with Gasteiger partial charge in [0.05, 0.1) is 5.92 Å². The smallest absolute Gasteiger partial charge is 0.225 e. The van der Waals surface area contributed by atoms with Crippen LogP contribution in [0.5, 0.6) is 0 Å². The minimum atomic E-state index is -0.182. The van der Waals surface area contributed by atoms with Gasteiger partial charge in [0, 0.05) is 39.8 Å². The molecule has 0 unspecified atom stereocenters. The minimum Gasteiger partial charge on any atom is -0.385 e. The molecule has 1 aliphatic rings. The Labute approximate surface area is 109 Å². The third-order valence-electron chi connectivity index (χ3n) is 3.00. The molecule has 0 spiro atoms. The van der Waals surface area contributed by atoms with Gasteiger partial charge in [-0.15, -0.1) is 0 Å². The highest BCUT2D eigenvalue weighted by Crippen LogP contribution is 2.19. The summed E-state index contributed by atoms with van der Waals surface area (Å²) in [5.74, 6) is 0.350. The van der Waals surface area contributed by atoms with E-state index in [1.165, 1.54) is 0 Å². The molecule has 0 aromatic heterocycles. The summed E-state index contributed by atoms with van der Waals surface area (Å²) in [5, 5.41) is 2.86. The molecule has 1 fully saturated rings. The zero-order valence-corrected chi connectivity index (χ0v) is 11.6. The van der Waals surface area contributed by atoms with Crippen molar-refractivity contribution in [3.05, 3.63) is 0 Å². The number of hydrogen-bond acceptors (Lipinski definition) is 3. The van der Waals surface area contributed by atoms with E-state index in [1.807, 2.05) is 0 Å². The van der Waals surface area contributed by atoms with Crippen LogP contribution in [0.1, 0.15) is 26.7 Å². The molecule has 0 radical (unpaired) electrons. The summed E-state index contributed by atoms with van der Waals surface area (Å²) in [6.45, 7) is 6.71. The van der Waals surface area contributed by atoms with Crippen molar-refractivity contribution in [2.75, 3.05) is 33.4 Å². The molecule has 0 aliphatic carbocycles. The number of rotatable bonds is 7. The van der Waals surface area contributed by atoms with Crippen LogP contribution in [0.25, 0.3) is 0 Å². The van der Waals surface area contributed by atoms with Crippen LogP contribution >= 0.6 is 0 Å². The summed E-state index contributed by atoms with van der Waals surface area (Å²) < 4.78 is 4.91. The maximum absolute atomic E-state index is 11.9. The van der Waals surface area contributed by atoms with Gasteiger partial charge in [0.15, 0.2) is 0 Å². The van der Waals surface area contributed by atoms with Crippen LogP contribution < -0.4 is 5.32 Å². The Morgan fingerprint density at radius 2 is 2.28 bits per heavy atom. The van der Waals surface area contributed by atoms with Gasteiger partial charge in [-0.05, 0) is 12.3 Å². The van der Waals surface area contributed by atoms with Crippen LogP contribution in [-0.2, 0) is 14.3 Å². The lowest BCUT2D eigenvalue weighted by molar-refractivity contribution is -0.129. The number of nitrogens with zero attached hydrogens (tertiary/aromatic N) is 1. The largest absolute Gasteiger partial charge is 0.385 e. The molecule has 0 aromatic rings. The van der Waals surface area contributed by atoms with Crippen LogP contribution in [-0.4, -0.2) is 50.1 Å². The number of carbonyl (C=O) groups excluding carboxylic acids is 2. The zero-order valence-electron chi connectivity index (χ0n) is 11.6. The Bertz CT molecular complexity index is 292. The highest BCUT2D eigenvalue weighted by Gasteiger charge is 2.34. The van der Waals surface area contributed by atoms with Gasteiger partial charge in [-0.25, -0.2) is 0 Å². The summed E-state index contributed by atoms with van der Waals surface area (Å²) in [6.07, 6.45) is 1.15. The molecular weight excluding hydrogens is 232 g/mol. The highest BCUT2D eigenvalue weighted by molar-refractivity contribution is 5.89. The molecule has 18 heavy (non-hydrogen) atoms. The average molecular weight is 256 g/mol. The normalized spacial score (nSPS) is 19.7. The Balaban J connectivity index is 2.31. The number of amides is 2. The van der Waals surface area contributed by atoms with Crippen molar-refractivity contribution in [3.8, 4) is 0 Å². The molecule has 1 atom stereocenters. The first kappa shape index (κ1) is 15.0. The van der Waals surface area contributed by atoms with Crippen LogP contribution in [0.15, 0.2) is 0 Å². The first-order valence-corrected chi connectivity index (χ1v) is 6.59. The third kappa shape index (κ3) is 4.64. The van der Waals surface area contributed by atoms with Crippen LogP contribution in [0.3, 0.4) is 0 Å². The van der Waals surface area contributed by atoms with Gasteiger partial charge in [-0.1, -0.05) is 13.8 Å². The minimum absolute atomic E-state index is 0.00860. The van der Waals surface area contributed by atoms with E-state index in [1.54, 1.807) is 12.0 Å². The molecule has 1 saturated heterocycles. The number of hydrogen-bond donors (Lipinski definition) is 1. The van der Waals surface area contributed by atoms with Gasteiger partial charge in [-0.2, -0.15) is 0 Å². The van der Waals surface area contributed by atoms with Crippen LogP contribution in [0.4, 0.5) is 0 Å².